The molecule has 2 aromatic carbocycles. The van der Waals surface area contributed by atoms with E-state index < -0.39 is 0 Å². The zero-order chi connectivity index (χ0) is 20.1. The summed E-state index contributed by atoms with van der Waals surface area (Å²) in [4.78, 5) is 14.7. The third kappa shape index (κ3) is 4.39. The van der Waals surface area contributed by atoms with Crippen LogP contribution in [0.15, 0.2) is 53.7 Å². The number of hydrogen-bond donors (Lipinski definition) is 0. The van der Waals surface area contributed by atoms with E-state index in [1.165, 1.54) is 11.8 Å². The molecule has 1 aromatic heterocycles. The van der Waals surface area contributed by atoms with Gasteiger partial charge in [-0.15, -0.1) is 10.2 Å². The van der Waals surface area contributed by atoms with Crippen molar-refractivity contribution in [2.24, 2.45) is 0 Å². The van der Waals surface area contributed by atoms with Gasteiger partial charge in [0.15, 0.2) is 11.0 Å². The highest BCUT2D eigenvalue weighted by Crippen LogP contribution is 2.26. The van der Waals surface area contributed by atoms with Crippen molar-refractivity contribution in [1.82, 2.24) is 14.8 Å². The van der Waals surface area contributed by atoms with Gasteiger partial charge in [-0.2, -0.15) is 0 Å². The van der Waals surface area contributed by atoms with Crippen LogP contribution in [-0.2, 0) is 11.3 Å². The number of hydrogen-bond acceptors (Lipinski definition) is 4. The lowest BCUT2D eigenvalue weighted by Crippen LogP contribution is -2.32. The fourth-order valence-electron chi connectivity index (χ4n) is 3.04. The standard InChI is InChI=1S/C21H23ClN4OS/c1-4-25(18-9-7-6-8-15(18)3)19(27)14-28-21-24-23-20(26(21)5-2)16-10-12-17(22)13-11-16/h6-13H,4-5,14H2,1-3H3. The van der Waals surface area contributed by atoms with Crippen LogP contribution in [0.2, 0.25) is 5.02 Å². The van der Waals surface area contributed by atoms with Gasteiger partial charge in [-0.05, 0) is 56.7 Å². The van der Waals surface area contributed by atoms with Gasteiger partial charge in [0.25, 0.3) is 0 Å². The maximum absolute atomic E-state index is 12.8. The molecule has 5 nitrogen and oxygen atoms in total. The lowest BCUT2D eigenvalue weighted by Gasteiger charge is -2.22. The number of thioether (sulfide) groups is 1. The van der Waals surface area contributed by atoms with Gasteiger partial charge in [0.2, 0.25) is 5.91 Å². The topological polar surface area (TPSA) is 51.0 Å². The van der Waals surface area contributed by atoms with Crippen molar-refractivity contribution in [3.05, 3.63) is 59.1 Å². The predicted molar refractivity (Wildman–Crippen MR) is 116 cm³/mol. The Balaban J connectivity index is 1.76. The molecule has 0 radical (unpaired) electrons. The van der Waals surface area contributed by atoms with E-state index in [1.54, 1.807) is 0 Å². The molecule has 1 heterocycles. The largest absolute Gasteiger partial charge is 0.312 e. The first-order chi connectivity index (χ1) is 13.5. The fourth-order valence-corrected chi connectivity index (χ4v) is 4.05. The number of rotatable bonds is 7. The second-order valence-electron chi connectivity index (χ2n) is 6.27. The zero-order valence-electron chi connectivity index (χ0n) is 16.2. The zero-order valence-corrected chi connectivity index (χ0v) is 17.8. The second kappa shape index (κ2) is 9.26. The summed E-state index contributed by atoms with van der Waals surface area (Å²) < 4.78 is 2.02. The van der Waals surface area contributed by atoms with E-state index in [1.807, 2.05) is 78.8 Å². The van der Waals surface area contributed by atoms with E-state index in [0.717, 1.165) is 34.3 Å². The third-order valence-corrected chi connectivity index (χ3v) is 5.69. The summed E-state index contributed by atoms with van der Waals surface area (Å²) in [5.74, 6) is 1.14. The molecule has 0 saturated carbocycles. The molecule has 3 rings (SSSR count). The predicted octanol–water partition coefficient (Wildman–Crippen LogP) is 5.07. The summed E-state index contributed by atoms with van der Waals surface area (Å²) in [7, 11) is 0. The quantitative estimate of drug-likeness (QED) is 0.506. The minimum atomic E-state index is 0.0560. The van der Waals surface area contributed by atoms with Gasteiger partial charge in [-0.1, -0.05) is 41.6 Å². The normalized spacial score (nSPS) is 10.9. The van der Waals surface area contributed by atoms with Crippen LogP contribution in [-0.4, -0.2) is 33.0 Å². The van der Waals surface area contributed by atoms with Crippen molar-refractivity contribution < 1.29 is 4.79 Å². The molecule has 0 aliphatic carbocycles. The third-order valence-electron chi connectivity index (χ3n) is 4.48. The summed E-state index contributed by atoms with van der Waals surface area (Å²) in [5, 5.41) is 10.1. The summed E-state index contributed by atoms with van der Waals surface area (Å²) in [6.07, 6.45) is 0. The molecular weight excluding hydrogens is 392 g/mol. The number of para-hydroxylation sites is 1. The van der Waals surface area contributed by atoms with E-state index >= 15 is 0 Å². The van der Waals surface area contributed by atoms with Crippen molar-refractivity contribution in [1.29, 1.82) is 0 Å². The summed E-state index contributed by atoms with van der Waals surface area (Å²) in [5.41, 5.74) is 2.99. The number of carbonyl (C=O) groups is 1. The molecule has 0 atom stereocenters. The lowest BCUT2D eigenvalue weighted by molar-refractivity contribution is -0.116. The number of benzene rings is 2. The molecule has 7 heteroatoms. The number of halogens is 1. The minimum Gasteiger partial charge on any atom is -0.312 e. The highest BCUT2D eigenvalue weighted by Gasteiger charge is 2.19. The van der Waals surface area contributed by atoms with Crippen molar-refractivity contribution in [3.8, 4) is 11.4 Å². The number of anilines is 1. The van der Waals surface area contributed by atoms with E-state index in [4.69, 9.17) is 11.6 Å². The Morgan fingerprint density at radius 2 is 1.82 bits per heavy atom. The van der Waals surface area contributed by atoms with E-state index in [0.29, 0.717) is 17.3 Å². The number of amides is 1. The summed E-state index contributed by atoms with van der Waals surface area (Å²) >= 11 is 7.39. The fraction of sp³-hybridized carbons (Fsp3) is 0.286. The molecule has 1 amide bonds. The Kier molecular flexibility index (Phi) is 6.75. The van der Waals surface area contributed by atoms with Gasteiger partial charge in [-0.25, -0.2) is 0 Å². The van der Waals surface area contributed by atoms with Gasteiger partial charge < -0.3 is 9.47 Å². The highest BCUT2D eigenvalue weighted by molar-refractivity contribution is 7.99. The number of carbonyl (C=O) groups excluding carboxylic acids is 1. The van der Waals surface area contributed by atoms with E-state index in [2.05, 4.69) is 10.2 Å². The minimum absolute atomic E-state index is 0.0560. The van der Waals surface area contributed by atoms with E-state index in [9.17, 15) is 4.79 Å². The molecule has 3 aromatic rings. The van der Waals surface area contributed by atoms with Gasteiger partial charge in [0, 0.05) is 29.4 Å². The van der Waals surface area contributed by atoms with Gasteiger partial charge in [0.1, 0.15) is 0 Å². The molecule has 28 heavy (non-hydrogen) atoms. The molecule has 0 fully saturated rings. The average Bonchev–Trinajstić information content (AvgIpc) is 3.12. The van der Waals surface area contributed by atoms with Crippen LogP contribution in [0.1, 0.15) is 19.4 Å². The molecule has 0 aliphatic rings. The Labute approximate surface area is 174 Å². The Morgan fingerprint density at radius 3 is 2.46 bits per heavy atom. The lowest BCUT2D eigenvalue weighted by atomic mass is 10.2. The number of nitrogens with zero attached hydrogens (tertiary/aromatic N) is 4. The van der Waals surface area contributed by atoms with Crippen LogP contribution in [0.4, 0.5) is 5.69 Å². The van der Waals surface area contributed by atoms with E-state index in [-0.39, 0.29) is 5.91 Å². The molecule has 146 valence electrons. The molecule has 0 bridgehead atoms. The Hall–Kier alpha value is -2.31. The SMILES string of the molecule is CCN(C(=O)CSc1nnc(-c2ccc(Cl)cc2)n1CC)c1ccccc1C. The van der Waals surface area contributed by atoms with Gasteiger partial charge in [0.05, 0.1) is 5.75 Å². The van der Waals surface area contributed by atoms with Gasteiger partial charge >= 0.3 is 0 Å². The van der Waals surface area contributed by atoms with Crippen LogP contribution in [0.25, 0.3) is 11.4 Å². The van der Waals surface area contributed by atoms with Gasteiger partial charge in [-0.3, -0.25) is 4.79 Å². The van der Waals surface area contributed by atoms with Crippen LogP contribution >= 0.6 is 23.4 Å². The molecule has 0 N–H and O–H groups in total. The van der Waals surface area contributed by atoms with Crippen LogP contribution in [0.5, 0.6) is 0 Å². The molecule has 0 aliphatic heterocycles. The molecule has 0 saturated heterocycles. The maximum atomic E-state index is 12.8. The monoisotopic (exact) mass is 414 g/mol. The number of aromatic nitrogens is 3. The summed E-state index contributed by atoms with van der Waals surface area (Å²) in [6, 6.07) is 15.5. The average molecular weight is 415 g/mol. The maximum Gasteiger partial charge on any atom is 0.237 e. The van der Waals surface area contributed by atoms with Crippen molar-refractivity contribution in [3.63, 3.8) is 0 Å². The first kappa shape index (κ1) is 20.4. The number of aryl methyl sites for hydroxylation is 1. The van der Waals surface area contributed by atoms with Crippen LogP contribution in [0, 0.1) is 6.92 Å². The Morgan fingerprint density at radius 1 is 1.11 bits per heavy atom. The second-order valence-corrected chi connectivity index (χ2v) is 7.65. The van der Waals surface area contributed by atoms with Crippen LogP contribution < -0.4 is 4.90 Å². The molecule has 0 unspecified atom stereocenters. The Bertz CT molecular complexity index is 955. The van der Waals surface area contributed by atoms with Crippen molar-refractivity contribution >= 4 is 35.0 Å². The molecular formula is C21H23ClN4OS. The molecule has 0 spiro atoms. The first-order valence-corrected chi connectivity index (χ1v) is 10.6. The van der Waals surface area contributed by atoms with Crippen LogP contribution in [0.3, 0.4) is 0 Å². The summed E-state index contributed by atoms with van der Waals surface area (Å²) in [6.45, 7) is 7.39. The smallest absolute Gasteiger partial charge is 0.237 e. The first-order valence-electron chi connectivity index (χ1n) is 9.23. The van der Waals surface area contributed by atoms with Crippen molar-refractivity contribution in [2.75, 3.05) is 17.2 Å². The van der Waals surface area contributed by atoms with Crippen molar-refractivity contribution in [2.45, 2.75) is 32.5 Å². The highest BCUT2D eigenvalue weighted by atomic mass is 35.5.